The van der Waals surface area contributed by atoms with E-state index in [1.165, 1.54) is 23.2 Å². The number of nitrogens with zero attached hydrogens (tertiary/aromatic N) is 1. The van der Waals surface area contributed by atoms with Crippen LogP contribution in [0.3, 0.4) is 0 Å². The van der Waals surface area contributed by atoms with E-state index in [1.807, 2.05) is 12.3 Å². The third-order valence-corrected chi connectivity index (χ3v) is 3.66. The Kier molecular flexibility index (Phi) is 5.75. The van der Waals surface area contributed by atoms with Crippen molar-refractivity contribution in [2.45, 2.75) is 45.7 Å². The molecule has 2 aromatic rings. The molecule has 0 spiro atoms. The van der Waals surface area contributed by atoms with Gasteiger partial charge >= 0.3 is 0 Å². The van der Waals surface area contributed by atoms with Crippen LogP contribution < -0.4 is 5.32 Å². The molecule has 0 radical (unpaired) electrons. The van der Waals surface area contributed by atoms with E-state index in [1.54, 1.807) is 0 Å². The Morgan fingerprint density at radius 3 is 2.55 bits per heavy atom. The lowest BCUT2D eigenvalue weighted by Crippen LogP contribution is -2.22. The van der Waals surface area contributed by atoms with Gasteiger partial charge < -0.3 is 5.32 Å². The average Bonchev–Trinajstić information content (AvgIpc) is 2.52. The van der Waals surface area contributed by atoms with E-state index in [0.717, 1.165) is 19.4 Å². The molecule has 0 amide bonds. The summed E-state index contributed by atoms with van der Waals surface area (Å²) < 4.78 is 0. The third-order valence-electron chi connectivity index (χ3n) is 3.66. The first-order chi connectivity index (χ1) is 9.85. The summed E-state index contributed by atoms with van der Waals surface area (Å²) in [6.45, 7) is 5.25. The Labute approximate surface area is 122 Å². The van der Waals surface area contributed by atoms with Gasteiger partial charge in [-0.2, -0.15) is 0 Å². The maximum Gasteiger partial charge on any atom is 0.0573 e. The summed E-state index contributed by atoms with van der Waals surface area (Å²) in [4.78, 5) is 4.51. The van der Waals surface area contributed by atoms with Crippen LogP contribution in [0.4, 0.5) is 0 Å². The number of hydrogen-bond acceptors (Lipinski definition) is 2. The number of benzene rings is 1. The van der Waals surface area contributed by atoms with Crippen molar-refractivity contribution in [2.24, 2.45) is 0 Å². The molecule has 0 bridgehead atoms. The predicted molar refractivity (Wildman–Crippen MR) is 84.5 cm³/mol. The van der Waals surface area contributed by atoms with Crippen molar-refractivity contribution in [3.8, 4) is 0 Å². The van der Waals surface area contributed by atoms with Crippen molar-refractivity contribution < 1.29 is 0 Å². The number of nitrogens with one attached hydrogen (secondary N) is 1. The molecule has 2 nitrogen and oxygen atoms in total. The van der Waals surface area contributed by atoms with Crippen LogP contribution in [0, 0.1) is 0 Å². The Morgan fingerprint density at radius 1 is 1.05 bits per heavy atom. The molecule has 106 valence electrons. The molecule has 0 saturated heterocycles. The van der Waals surface area contributed by atoms with E-state index in [4.69, 9.17) is 0 Å². The Morgan fingerprint density at radius 2 is 1.85 bits per heavy atom. The van der Waals surface area contributed by atoms with Crippen LogP contribution in [-0.2, 0) is 13.0 Å². The van der Waals surface area contributed by atoms with E-state index < -0.39 is 0 Å². The Hall–Kier alpha value is -1.67. The Balaban J connectivity index is 2.06. The molecular formula is C18H24N2. The zero-order valence-electron chi connectivity index (χ0n) is 12.5. The summed E-state index contributed by atoms with van der Waals surface area (Å²) >= 11 is 0. The summed E-state index contributed by atoms with van der Waals surface area (Å²) in [6.07, 6.45) is 5.25. The minimum Gasteiger partial charge on any atom is -0.304 e. The highest BCUT2D eigenvalue weighted by Gasteiger charge is 2.10. The second-order valence-electron chi connectivity index (χ2n) is 5.10. The van der Waals surface area contributed by atoms with E-state index in [0.29, 0.717) is 6.04 Å². The molecule has 1 atom stereocenters. The lowest BCUT2D eigenvalue weighted by atomic mass is 10.0. The number of rotatable bonds is 7. The monoisotopic (exact) mass is 268 g/mol. The van der Waals surface area contributed by atoms with Crippen molar-refractivity contribution in [3.63, 3.8) is 0 Å². The van der Waals surface area contributed by atoms with Gasteiger partial charge in [-0.3, -0.25) is 4.98 Å². The zero-order chi connectivity index (χ0) is 14.2. The molecule has 2 heteroatoms. The van der Waals surface area contributed by atoms with E-state index in [-0.39, 0.29) is 0 Å². The summed E-state index contributed by atoms with van der Waals surface area (Å²) in [5, 5.41) is 3.67. The predicted octanol–water partition coefficient (Wildman–Crippen LogP) is 4.28. The number of aryl methyl sites for hydroxylation is 1. The van der Waals surface area contributed by atoms with Crippen LogP contribution in [0.15, 0.2) is 48.7 Å². The fraction of sp³-hybridized carbons (Fsp3) is 0.389. The Bertz CT molecular complexity index is 508. The SMILES string of the molecule is CCCC(NCc1ncccc1CC)c1ccccc1. The lowest BCUT2D eigenvalue weighted by molar-refractivity contribution is 0.488. The van der Waals surface area contributed by atoms with Crippen LogP contribution >= 0.6 is 0 Å². The highest BCUT2D eigenvalue weighted by Crippen LogP contribution is 2.19. The fourth-order valence-corrected chi connectivity index (χ4v) is 2.53. The molecule has 1 N–H and O–H groups in total. The van der Waals surface area contributed by atoms with Gasteiger partial charge in [0, 0.05) is 18.8 Å². The minimum absolute atomic E-state index is 0.410. The molecule has 1 heterocycles. The molecule has 0 fully saturated rings. The normalized spacial score (nSPS) is 12.3. The number of hydrogen-bond donors (Lipinski definition) is 1. The molecule has 0 aliphatic carbocycles. The number of aromatic nitrogens is 1. The summed E-state index contributed by atoms with van der Waals surface area (Å²) in [6, 6.07) is 15.3. The van der Waals surface area contributed by atoms with Gasteiger partial charge in [-0.15, -0.1) is 0 Å². The summed E-state index contributed by atoms with van der Waals surface area (Å²) in [7, 11) is 0. The zero-order valence-corrected chi connectivity index (χ0v) is 12.5. The van der Waals surface area contributed by atoms with E-state index in [2.05, 4.69) is 60.5 Å². The van der Waals surface area contributed by atoms with Crippen molar-refractivity contribution >= 4 is 0 Å². The van der Waals surface area contributed by atoms with Crippen molar-refractivity contribution in [1.82, 2.24) is 10.3 Å². The van der Waals surface area contributed by atoms with Gasteiger partial charge in [0.2, 0.25) is 0 Å². The van der Waals surface area contributed by atoms with E-state index in [9.17, 15) is 0 Å². The van der Waals surface area contributed by atoms with Crippen LogP contribution in [0.1, 0.15) is 49.6 Å². The summed E-state index contributed by atoms with van der Waals surface area (Å²) in [5.41, 5.74) is 3.87. The van der Waals surface area contributed by atoms with Crippen LogP contribution in [-0.4, -0.2) is 4.98 Å². The molecule has 1 aromatic carbocycles. The number of pyridine rings is 1. The topological polar surface area (TPSA) is 24.9 Å². The smallest absolute Gasteiger partial charge is 0.0573 e. The van der Waals surface area contributed by atoms with E-state index >= 15 is 0 Å². The van der Waals surface area contributed by atoms with Crippen molar-refractivity contribution in [1.29, 1.82) is 0 Å². The molecule has 1 aromatic heterocycles. The van der Waals surface area contributed by atoms with Gasteiger partial charge in [0.15, 0.2) is 0 Å². The second kappa shape index (κ2) is 7.81. The van der Waals surface area contributed by atoms with Gasteiger partial charge in [-0.25, -0.2) is 0 Å². The molecule has 0 aliphatic heterocycles. The first-order valence-corrected chi connectivity index (χ1v) is 7.56. The maximum atomic E-state index is 4.51. The average molecular weight is 268 g/mol. The van der Waals surface area contributed by atoms with Gasteiger partial charge in [0.25, 0.3) is 0 Å². The third kappa shape index (κ3) is 3.91. The maximum absolute atomic E-state index is 4.51. The molecule has 0 saturated carbocycles. The fourth-order valence-electron chi connectivity index (χ4n) is 2.53. The van der Waals surface area contributed by atoms with Crippen molar-refractivity contribution in [2.75, 3.05) is 0 Å². The van der Waals surface area contributed by atoms with Crippen molar-refractivity contribution in [3.05, 3.63) is 65.5 Å². The van der Waals surface area contributed by atoms with Crippen LogP contribution in [0.25, 0.3) is 0 Å². The molecule has 2 rings (SSSR count). The summed E-state index contributed by atoms with van der Waals surface area (Å²) in [5.74, 6) is 0. The standard InChI is InChI=1S/C18H24N2/c1-3-9-17(16-10-6-5-7-11-16)20-14-18-15(4-2)12-8-13-19-18/h5-8,10-13,17,20H,3-4,9,14H2,1-2H3. The van der Waals surface area contributed by atoms with Gasteiger partial charge in [0.05, 0.1) is 5.69 Å². The van der Waals surface area contributed by atoms with Gasteiger partial charge in [0.1, 0.15) is 0 Å². The first kappa shape index (κ1) is 14.7. The molecule has 0 aliphatic rings. The van der Waals surface area contributed by atoms with Crippen LogP contribution in [0.2, 0.25) is 0 Å². The van der Waals surface area contributed by atoms with Gasteiger partial charge in [-0.05, 0) is 30.0 Å². The second-order valence-corrected chi connectivity index (χ2v) is 5.10. The largest absolute Gasteiger partial charge is 0.304 e. The quantitative estimate of drug-likeness (QED) is 0.811. The highest BCUT2D eigenvalue weighted by atomic mass is 14.9. The lowest BCUT2D eigenvalue weighted by Gasteiger charge is -2.19. The highest BCUT2D eigenvalue weighted by molar-refractivity contribution is 5.21. The van der Waals surface area contributed by atoms with Gasteiger partial charge in [-0.1, -0.05) is 56.7 Å². The first-order valence-electron chi connectivity index (χ1n) is 7.56. The molecular weight excluding hydrogens is 244 g/mol. The molecule has 20 heavy (non-hydrogen) atoms. The minimum atomic E-state index is 0.410. The molecule has 1 unspecified atom stereocenters. The van der Waals surface area contributed by atoms with Crippen LogP contribution in [0.5, 0.6) is 0 Å².